The molecule has 0 amide bonds. The van der Waals surface area contributed by atoms with Crippen LogP contribution in [0.15, 0.2) is 18.2 Å². The molecule has 0 fully saturated rings. The molecule has 0 unspecified atom stereocenters. The van der Waals surface area contributed by atoms with Gasteiger partial charge in [-0.15, -0.1) is 0 Å². The van der Waals surface area contributed by atoms with E-state index in [-0.39, 0.29) is 11.2 Å². The third-order valence-corrected chi connectivity index (χ3v) is 3.55. The number of benzene rings is 1. The number of halogens is 2. The number of hydrogen-bond donors (Lipinski definition) is 1. The minimum atomic E-state index is -0.331. The summed E-state index contributed by atoms with van der Waals surface area (Å²) in [6, 6.07) is 4.78. The van der Waals surface area contributed by atoms with Crippen molar-refractivity contribution in [3.8, 4) is 0 Å². The molecule has 0 aliphatic rings. The van der Waals surface area contributed by atoms with Crippen LogP contribution in [-0.4, -0.2) is 6.54 Å². The highest BCUT2D eigenvalue weighted by atomic mass is 35.5. The Hall–Kier alpha value is -0.600. The van der Waals surface area contributed by atoms with Crippen LogP contribution in [0.1, 0.15) is 32.3 Å². The van der Waals surface area contributed by atoms with Crippen molar-refractivity contribution in [1.82, 2.24) is 0 Å². The van der Waals surface area contributed by atoms with E-state index in [4.69, 9.17) is 17.3 Å². The fourth-order valence-electron chi connectivity index (χ4n) is 2.00. The van der Waals surface area contributed by atoms with Crippen LogP contribution >= 0.6 is 11.6 Å². The number of nitrogens with two attached hydrogens (primary N) is 1. The molecular weight excluding hydrogens is 213 g/mol. The molecule has 0 aliphatic carbocycles. The van der Waals surface area contributed by atoms with Gasteiger partial charge in [0.2, 0.25) is 0 Å². The van der Waals surface area contributed by atoms with E-state index in [1.54, 1.807) is 12.1 Å². The summed E-state index contributed by atoms with van der Waals surface area (Å²) in [4.78, 5) is 0. The molecule has 0 aromatic heterocycles. The van der Waals surface area contributed by atoms with Crippen LogP contribution in [0.2, 0.25) is 5.02 Å². The van der Waals surface area contributed by atoms with Crippen LogP contribution < -0.4 is 5.73 Å². The van der Waals surface area contributed by atoms with Crippen molar-refractivity contribution in [3.05, 3.63) is 34.6 Å². The lowest BCUT2D eigenvalue weighted by atomic mass is 9.75. The van der Waals surface area contributed by atoms with Gasteiger partial charge in [-0.3, -0.25) is 0 Å². The Morgan fingerprint density at radius 3 is 2.33 bits per heavy atom. The van der Waals surface area contributed by atoms with Crippen molar-refractivity contribution < 1.29 is 4.39 Å². The highest BCUT2D eigenvalue weighted by Crippen LogP contribution is 2.36. The maximum absolute atomic E-state index is 13.8. The smallest absolute Gasteiger partial charge is 0.128 e. The average molecular weight is 230 g/mol. The van der Waals surface area contributed by atoms with Gasteiger partial charge in [0.25, 0.3) is 0 Å². The molecule has 1 aromatic rings. The molecule has 1 nitrogen and oxygen atoms in total. The molecule has 0 saturated heterocycles. The molecule has 0 atom stereocenters. The Balaban J connectivity index is 3.34. The highest BCUT2D eigenvalue weighted by molar-refractivity contribution is 6.31. The van der Waals surface area contributed by atoms with Crippen LogP contribution in [0.4, 0.5) is 4.39 Å². The van der Waals surface area contributed by atoms with Crippen molar-refractivity contribution in [2.24, 2.45) is 5.73 Å². The van der Waals surface area contributed by atoms with Gasteiger partial charge in [-0.2, -0.15) is 0 Å². The predicted octanol–water partition coefficient (Wildman–Crippen LogP) is 3.50. The zero-order valence-electron chi connectivity index (χ0n) is 9.19. The summed E-state index contributed by atoms with van der Waals surface area (Å²) in [6.07, 6.45) is 1.58. The summed E-state index contributed by atoms with van der Waals surface area (Å²) in [5, 5.41) is 0.476. The molecule has 84 valence electrons. The zero-order chi connectivity index (χ0) is 11.5. The number of rotatable bonds is 4. The zero-order valence-corrected chi connectivity index (χ0v) is 9.94. The van der Waals surface area contributed by atoms with Crippen LogP contribution in [0.3, 0.4) is 0 Å². The monoisotopic (exact) mass is 229 g/mol. The maximum Gasteiger partial charge on any atom is 0.128 e. The fraction of sp³-hybridized carbons (Fsp3) is 0.500. The SMILES string of the molecule is CCC(CC)(CN)c1c(F)cccc1Cl. The van der Waals surface area contributed by atoms with E-state index in [2.05, 4.69) is 0 Å². The van der Waals surface area contributed by atoms with E-state index < -0.39 is 0 Å². The summed E-state index contributed by atoms with van der Waals surface area (Å²) in [5.74, 6) is -0.253. The molecule has 0 spiro atoms. The van der Waals surface area contributed by atoms with E-state index in [1.807, 2.05) is 13.8 Å². The first-order valence-corrected chi connectivity index (χ1v) is 5.63. The minimum Gasteiger partial charge on any atom is -0.330 e. The van der Waals surface area contributed by atoms with Crippen molar-refractivity contribution in [2.75, 3.05) is 6.54 Å². The van der Waals surface area contributed by atoms with Gasteiger partial charge in [0, 0.05) is 22.5 Å². The van der Waals surface area contributed by atoms with E-state index in [0.717, 1.165) is 12.8 Å². The van der Waals surface area contributed by atoms with E-state index >= 15 is 0 Å². The van der Waals surface area contributed by atoms with Gasteiger partial charge in [-0.25, -0.2) is 4.39 Å². The standard InChI is InChI=1S/C12H17ClFN/c1-3-12(4-2,8-15)11-9(13)6-5-7-10(11)14/h5-7H,3-4,8,15H2,1-2H3. The number of hydrogen-bond acceptors (Lipinski definition) is 1. The average Bonchev–Trinajstić information content (AvgIpc) is 2.24. The lowest BCUT2D eigenvalue weighted by Crippen LogP contribution is -2.35. The largest absolute Gasteiger partial charge is 0.330 e. The van der Waals surface area contributed by atoms with Crippen LogP contribution in [0, 0.1) is 5.82 Å². The normalized spacial score (nSPS) is 11.8. The summed E-state index contributed by atoms with van der Waals surface area (Å²) >= 11 is 6.05. The Bertz CT molecular complexity index is 306. The third-order valence-electron chi connectivity index (χ3n) is 3.24. The Morgan fingerprint density at radius 1 is 1.33 bits per heavy atom. The van der Waals surface area contributed by atoms with Crippen molar-refractivity contribution >= 4 is 11.6 Å². The van der Waals surface area contributed by atoms with Gasteiger partial charge in [0.15, 0.2) is 0 Å². The molecule has 0 heterocycles. The topological polar surface area (TPSA) is 26.0 Å². The lowest BCUT2D eigenvalue weighted by Gasteiger charge is -2.31. The Morgan fingerprint density at radius 2 is 1.93 bits per heavy atom. The molecule has 2 N–H and O–H groups in total. The van der Waals surface area contributed by atoms with Crippen molar-refractivity contribution in [2.45, 2.75) is 32.1 Å². The molecule has 3 heteroatoms. The van der Waals surface area contributed by atoms with Crippen molar-refractivity contribution in [1.29, 1.82) is 0 Å². The molecule has 15 heavy (non-hydrogen) atoms. The summed E-state index contributed by atoms with van der Waals surface area (Å²) in [6.45, 7) is 4.44. The lowest BCUT2D eigenvalue weighted by molar-refractivity contribution is 0.387. The van der Waals surface area contributed by atoms with Gasteiger partial charge in [-0.1, -0.05) is 31.5 Å². The second-order valence-electron chi connectivity index (χ2n) is 3.79. The second kappa shape index (κ2) is 4.95. The molecule has 0 aliphatic heterocycles. The predicted molar refractivity (Wildman–Crippen MR) is 62.7 cm³/mol. The summed E-state index contributed by atoms with van der Waals surface area (Å²) in [7, 11) is 0. The van der Waals surface area contributed by atoms with Crippen LogP contribution in [-0.2, 0) is 5.41 Å². The van der Waals surface area contributed by atoms with E-state index in [0.29, 0.717) is 17.1 Å². The van der Waals surface area contributed by atoms with Gasteiger partial charge < -0.3 is 5.73 Å². The van der Waals surface area contributed by atoms with Gasteiger partial charge >= 0.3 is 0 Å². The third kappa shape index (κ3) is 2.16. The fourth-order valence-corrected chi connectivity index (χ4v) is 2.36. The molecule has 0 saturated carbocycles. The van der Waals surface area contributed by atoms with Gasteiger partial charge in [0.1, 0.15) is 5.82 Å². The Kier molecular flexibility index (Phi) is 4.12. The van der Waals surface area contributed by atoms with Gasteiger partial charge in [0.05, 0.1) is 0 Å². The molecule has 1 aromatic carbocycles. The second-order valence-corrected chi connectivity index (χ2v) is 4.20. The summed E-state index contributed by atoms with van der Waals surface area (Å²) in [5.41, 5.74) is 6.01. The highest BCUT2D eigenvalue weighted by Gasteiger charge is 2.31. The first-order valence-electron chi connectivity index (χ1n) is 5.26. The van der Waals surface area contributed by atoms with Crippen molar-refractivity contribution in [3.63, 3.8) is 0 Å². The maximum atomic E-state index is 13.8. The van der Waals surface area contributed by atoms with E-state index in [9.17, 15) is 4.39 Å². The first-order chi connectivity index (χ1) is 7.11. The van der Waals surface area contributed by atoms with Gasteiger partial charge in [-0.05, 0) is 25.0 Å². The van der Waals surface area contributed by atoms with Crippen LogP contribution in [0.25, 0.3) is 0 Å². The summed E-state index contributed by atoms with van der Waals surface area (Å²) < 4.78 is 13.8. The Labute approximate surface area is 95.4 Å². The minimum absolute atomic E-state index is 0.253. The van der Waals surface area contributed by atoms with Crippen LogP contribution in [0.5, 0.6) is 0 Å². The van der Waals surface area contributed by atoms with E-state index in [1.165, 1.54) is 6.07 Å². The molecular formula is C12H17ClFN. The quantitative estimate of drug-likeness (QED) is 0.840. The molecule has 0 bridgehead atoms. The molecule has 0 radical (unpaired) electrons. The molecule has 1 rings (SSSR count). The first kappa shape index (κ1) is 12.5.